The molecule has 3 N–H and O–H groups in total. The lowest BCUT2D eigenvalue weighted by molar-refractivity contribution is -0.141. The van der Waals surface area contributed by atoms with E-state index in [1.807, 2.05) is 0 Å². The Morgan fingerprint density at radius 2 is 1.83 bits per heavy atom. The van der Waals surface area contributed by atoms with Crippen molar-refractivity contribution in [3.8, 4) is 29.4 Å². The number of rotatable bonds is 6. The second-order valence-electron chi connectivity index (χ2n) is 14.1. The maximum Gasteiger partial charge on any atom is 0.416 e. The topological polar surface area (TPSA) is 177 Å². The molecule has 8 rings (SSSR count). The number of pyridine rings is 1. The van der Waals surface area contributed by atoms with Gasteiger partial charge in [-0.15, -0.1) is 11.5 Å². The molecule has 1 unspecified atom stereocenters. The molecule has 1 fully saturated rings. The van der Waals surface area contributed by atoms with E-state index in [0.29, 0.717) is 16.9 Å². The zero-order chi connectivity index (χ0) is 41.1. The number of likely N-dealkylation sites (tertiary alicyclic amines) is 1. The van der Waals surface area contributed by atoms with Gasteiger partial charge in [0.1, 0.15) is 17.9 Å². The quantitative estimate of drug-likeness (QED) is 0.215. The predicted octanol–water partition coefficient (Wildman–Crippen LogP) is 3.99. The maximum atomic E-state index is 14.6. The first-order valence-corrected chi connectivity index (χ1v) is 18.1. The molecule has 3 aliphatic rings. The van der Waals surface area contributed by atoms with Crippen molar-refractivity contribution in [1.29, 1.82) is 0 Å². The number of allylic oxidation sites excluding steroid dienone is 1. The highest BCUT2D eigenvalue weighted by Crippen LogP contribution is 2.48. The van der Waals surface area contributed by atoms with Crippen LogP contribution in [0.1, 0.15) is 48.3 Å². The molecule has 0 aliphatic carbocycles. The van der Waals surface area contributed by atoms with Crippen molar-refractivity contribution in [2.24, 2.45) is 4.99 Å². The Bertz CT molecular complexity index is 2740. The second kappa shape index (κ2) is 14.2. The molecule has 3 aliphatic heterocycles. The van der Waals surface area contributed by atoms with Crippen LogP contribution in [0.3, 0.4) is 0 Å². The van der Waals surface area contributed by atoms with Gasteiger partial charge >= 0.3 is 6.18 Å². The molecule has 18 heteroatoms. The number of aromatic nitrogens is 5. The minimum atomic E-state index is -4.58. The van der Waals surface area contributed by atoms with Gasteiger partial charge in [0.2, 0.25) is 11.7 Å². The van der Waals surface area contributed by atoms with Crippen LogP contribution in [0.25, 0.3) is 22.9 Å². The molecule has 0 radical (unpaired) electrons. The number of nitrogens with one attached hydrogen (secondary N) is 2. The molecule has 296 valence electrons. The number of anilines is 1. The van der Waals surface area contributed by atoms with E-state index in [2.05, 4.69) is 31.6 Å². The fraction of sp³-hybridized carbons (Fsp3) is 0.275. The highest BCUT2D eigenvalue weighted by molar-refractivity contribution is 5.92. The summed E-state index contributed by atoms with van der Waals surface area (Å²) in [6.45, 7) is 2.76. The Balaban J connectivity index is 1.19. The first-order chi connectivity index (χ1) is 27.7. The third-order valence-corrected chi connectivity index (χ3v) is 10.6. The van der Waals surface area contributed by atoms with E-state index in [-0.39, 0.29) is 71.4 Å². The number of aliphatic hydroxyl groups is 1. The predicted molar refractivity (Wildman–Crippen MR) is 204 cm³/mol. The first-order valence-electron chi connectivity index (χ1n) is 18.1. The monoisotopic (exact) mass is 793 g/mol. The molecule has 1 saturated heterocycles. The molecular formula is C40H34F3N9O6. The average Bonchev–Trinajstić information content (AvgIpc) is 3.79. The van der Waals surface area contributed by atoms with Crippen LogP contribution in [0.15, 0.2) is 92.9 Å². The number of halogens is 3. The summed E-state index contributed by atoms with van der Waals surface area (Å²) in [5, 5.41) is 20.5. The van der Waals surface area contributed by atoms with Gasteiger partial charge in [-0.25, -0.2) is 0 Å². The molecule has 2 atom stereocenters. The zero-order valence-electron chi connectivity index (χ0n) is 30.9. The number of carbonyl (C=O) groups excluding carboxylic acids is 2. The molecule has 1 spiro atoms. The van der Waals surface area contributed by atoms with E-state index < -0.39 is 53.4 Å². The van der Waals surface area contributed by atoms with Crippen LogP contribution in [-0.4, -0.2) is 71.0 Å². The second-order valence-corrected chi connectivity index (χ2v) is 14.1. The van der Waals surface area contributed by atoms with Crippen molar-refractivity contribution in [3.63, 3.8) is 0 Å². The number of aryl methyl sites for hydroxylation is 1. The zero-order valence-corrected chi connectivity index (χ0v) is 30.9. The molecule has 2 aromatic carbocycles. The van der Waals surface area contributed by atoms with Crippen molar-refractivity contribution in [2.75, 3.05) is 18.4 Å². The highest BCUT2D eigenvalue weighted by Gasteiger charge is 2.52. The summed E-state index contributed by atoms with van der Waals surface area (Å²) in [5.41, 5.74) is -0.989. The molecular weight excluding hydrogens is 759 g/mol. The third kappa shape index (κ3) is 6.48. The van der Waals surface area contributed by atoms with Crippen molar-refractivity contribution in [3.05, 3.63) is 121 Å². The third-order valence-electron chi connectivity index (χ3n) is 10.6. The molecule has 2 amide bonds. The Hall–Kier alpha value is -7.00. The number of hydrogen-bond acceptors (Lipinski definition) is 10. The van der Waals surface area contributed by atoms with E-state index in [1.54, 1.807) is 49.5 Å². The number of amides is 2. The van der Waals surface area contributed by atoms with Gasteiger partial charge < -0.3 is 29.9 Å². The van der Waals surface area contributed by atoms with Crippen LogP contribution in [-0.2, 0) is 32.6 Å². The first kappa shape index (κ1) is 37.9. The summed E-state index contributed by atoms with van der Waals surface area (Å²) in [5.74, 6) is 1.32. The Kier molecular flexibility index (Phi) is 9.27. The highest BCUT2D eigenvalue weighted by atomic mass is 19.4. The molecule has 15 nitrogen and oxygen atoms in total. The van der Waals surface area contributed by atoms with E-state index in [9.17, 15) is 37.5 Å². The molecule has 3 aromatic heterocycles. The lowest BCUT2D eigenvalue weighted by Gasteiger charge is -2.39. The number of hydrogen-bond donors (Lipinski definition) is 3. The van der Waals surface area contributed by atoms with Gasteiger partial charge in [0, 0.05) is 42.3 Å². The van der Waals surface area contributed by atoms with Crippen molar-refractivity contribution in [1.82, 2.24) is 33.9 Å². The van der Waals surface area contributed by atoms with E-state index in [0.717, 1.165) is 22.7 Å². The van der Waals surface area contributed by atoms with Crippen molar-refractivity contribution >= 4 is 29.6 Å². The van der Waals surface area contributed by atoms with E-state index in [4.69, 9.17) is 11.2 Å². The van der Waals surface area contributed by atoms with E-state index in [1.165, 1.54) is 33.4 Å². The Morgan fingerprint density at radius 3 is 2.50 bits per heavy atom. The number of terminal acetylenes is 1. The molecule has 0 bridgehead atoms. The number of aliphatic imine (C=N–C) groups is 1. The molecule has 6 heterocycles. The molecule has 58 heavy (non-hydrogen) atoms. The Morgan fingerprint density at radius 1 is 1.09 bits per heavy atom. The number of carbonyl (C=O) groups is 2. The van der Waals surface area contributed by atoms with Gasteiger partial charge in [0.05, 0.1) is 28.9 Å². The fourth-order valence-electron chi connectivity index (χ4n) is 7.60. The van der Waals surface area contributed by atoms with Gasteiger partial charge in [-0.1, -0.05) is 12.0 Å². The minimum Gasteiger partial charge on any atom is -0.508 e. The summed E-state index contributed by atoms with van der Waals surface area (Å²) in [6.07, 6.45) is 3.48. The number of fused-ring (bicyclic) bond motifs is 3. The molecule has 0 saturated carbocycles. The summed E-state index contributed by atoms with van der Waals surface area (Å²) >= 11 is 0. The van der Waals surface area contributed by atoms with Gasteiger partial charge in [0.25, 0.3) is 17.0 Å². The summed E-state index contributed by atoms with van der Waals surface area (Å²) < 4.78 is 50.6. The van der Waals surface area contributed by atoms with E-state index >= 15 is 0 Å². The van der Waals surface area contributed by atoms with Crippen LogP contribution in [0.2, 0.25) is 0 Å². The van der Waals surface area contributed by atoms with Gasteiger partial charge in [0.15, 0.2) is 18.0 Å². The van der Waals surface area contributed by atoms with Crippen LogP contribution in [0, 0.1) is 19.3 Å². The largest absolute Gasteiger partial charge is 0.508 e. The molecule has 5 aromatic rings. The van der Waals surface area contributed by atoms with Crippen molar-refractivity contribution in [2.45, 2.75) is 57.2 Å². The number of ether oxygens (including phenoxy) is 1. The lowest BCUT2D eigenvalue weighted by Crippen LogP contribution is -2.50. The number of nitrogens with zero attached hydrogens (tertiary/aromatic N) is 7. The smallest absolute Gasteiger partial charge is 0.416 e. The number of benzene rings is 2. The summed E-state index contributed by atoms with van der Waals surface area (Å²) in [6, 6.07) is 13.3. The number of aliphatic hydroxyl groups excluding tert-OH is 1. The Labute approximate surface area is 327 Å². The van der Waals surface area contributed by atoms with Crippen molar-refractivity contribution < 1.29 is 32.6 Å². The van der Waals surface area contributed by atoms with Gasteiger partial charge in [-0.05, 0) is 80.8 Å². The fourth-order valence-corrected chi connectivity index (χ4v) is 7.60. The number of alkyl halides is 3. The van der Waals surface area contributed by atoms with Crippen LogP contribution in [0.4, 0.5) is 18.9 Å². The minimum absolute atomic E-state index is 0.0590. The van der Waals surface area contributed by atoms with Crippen LogP contribution >= 0.6 is 0 Å². The average molecular weight is 794 g/mol. The maximum absolute atomic E-state index is 14.6. The number of piperidine rings is 1. The standard InChI is InChI=1S/C40H34F3N9O6/c1-4-28-33-31(39(58-28)14-17-49(18-15-39)37(57)32-34(55)23(3)44-21-45-32)36(56)52-38(51(33)20-29(53)46-27-13-10-25(19-22(27)2)40(41,42)43)47-35(48-52)24-8-11-26(12-9-24)50-16-6-5-7-30(50)54/h1,5-13,16,19,21,28,32,55H,14-15,17-18,20H2,2-3H3,(H,44,45)(H,46,53)/t28-,32?/m1/s1. The van der Waals surface area contributed by atoms with Gasteiger partial charge in [-0.2, -0.15) is 22.7 Å². The lowest BCUT2D eigenvalue weighted by atomic mass is 9.85. The summed E-state index contributed by atoms with van der Waals surface area (Å²) in [7, 11) is 0. The normalized spacial score (nSPS) is 18.6. The summed E-state index contributed by atoms with van der Waals surface area (Å²) in [4.78, 5) is 64.7. The van der Waals surface area contributed by atoms with Gasteiger partial charge in [-0.3, -0.25) is 28.7 Å². The SMILES string of the molecule is C#C[C@H]1OC2(CCN(C(=O)C3N=CNC(C)=C3O)CC2)c2c1n(CC(=O)Nc1ccc(C(F)(F)F)cc1C)c1nc(-c3ccc(-n4ccccc4=O)cc3)nn1c2=O. The van der Waals surface area contributed by atoms with Crippen LogP contribution in [0.5, 0.6) is 0 Å². The van der Waals surface area contributed by atoms with Crippen LogP contribution < -0.4 is 21.8 Å².